The molecule has 0 bridgehead atoms. The Morgan fingerprint density at radius 3 is 2.81 bits per heavy atom. The summed E-state index contributed by atoms with van der Waals surface area (Å²) < 4.78 is 6.01. The molecule has 0 aliphatic rings. The number of ether oxygens (including phenoxy) is 1. The second-order valence-electron chi connectivity index (χ2n) is 4.34. The zero-order chi connectivity index (χ0) is 15.2. The van der Waals surface area contributed by atoms with Gasteiger partial charge in [0, 0.05) is 17.3 Å². The largest absolute Gasteiger partial charge is 0.507 e. The highest BCUT2D eigenvalue weighted by atomic mass is 79.9. The van der Waals surface area contributed by atoms with Crippen molar-refractivity contribution >= 4 is 27.5 Å². The Labute approximate surface area is 130 Å². The summed E-state index contributed by atoms with van der Waals surface area (Å²) in [4.78, 5) is 11.9. The number of hydrogen-bond donors (Lipinski definition) is 3. The van der Waals surface area contributed by atoms with Gasteiger partial charge in [-0.25, -0.2) is 0 Å². The van der Waals surface area contributed by atoms with Gasteiger partial charge in [0.25, 0.3) is 5.91 Å². The minimum absolute atomic E-state index is 0.0265. The van der Waals surface area contributed by atoms with Crippen molar-refractivity contribution in [2.24, 2.45) is 0 Å². The van der Waals surface area contributed by atoms with Crippen molar-refractivity contribution in [1.29, 1.82) is 0 Å². The molecule has 5 nitrogen and oxygen atoms in total. The number of phenols is 1. The Morgan fingerprint density at radius 2 is 2.10 bits per heavy atom. The van der Waals surface area contributed by atoms with Crippen molar-refractivity contribution in [2.45, 2.75) is 0 Å². The number of hydrogen-bond acceptors (Lipinski definition) is 4. The van der Waals surface area contributed by atoms with Crippen LogP contribution in [0.4, 0.5) is 5.69 Å². The van der Waals surface area contributed by atoms with E-state index in [0.717, 1.165) is 0 Å². The van der Waals surface area contributed by atoms with E-state index >= 15 is 0 Å². The van der Waals surface area contributed by atoms with E-state index in [4.69, 9.17) is 10.5 Å². The highest BCUT2D eigenvalue weighted by Crippen LogP contribution is 2.24. The fourth-order valence-electron chi connectivity index (χ4n) is 1.69. The molecule has 4 N–H and O–H groups in total. The fraction of sp³-hybridized carbons (Fsp3) is 0.133. The standard InChI is InChI=1S/C15H15BrN2O3/c16-13-5-4-10(8-14(13)19)15(20)18-6-7-21-12-3-1-2-11(17)9-12/h1-5,8-9,19H,6-7,17H2,(H,18,20). The van der Waals surface area contributed by atoms with Crippen LogP contribution in [0.25, 0.3) is 0 Å². The summed E-state index contributed by atoms with van der Waals surface area (Å²) in [5.41, 5.74) is 6.65. The lowest BCUT2D eigenvalue weighted by molar-refractivity contribution is 0.0946. The quantitative estimate of drug-likeness (QED) is 0.571. The summed E-state index contributed by atoms with van der Waals surface area (Å²) in [7, 11) is 0. The molecule has 0 saturated carbocycles. The maximum Gasteiger partial charge on any atom is 0.251 e. The van der Waals surface area contributed by atoms with E-state index in [1.807, 2.05) is 0 Å². The van der Waals surface area contributed by atoms with Crippen molar-refractivity contribution < 1.29 is 14.6 Å². The average Bonchev–Trinajstić information content (AvgIpc) is 2.46. The molecule has 0 fully saturated rings. The van der Waals surface area contributed by atoms with Gasteiger partial charge in [-0.2, -0.15) is 0 Å². The molecule has 1 amide bonds. The number of anilines is 1. The Bertz CT molecular complexity index is 647. The van der Waals surface area contributed by atoms with Gasteiger partial charge < -0.3 is 20.9 Å². The van der Waals surface area contributed by atoms with Crippen LogP contribution in [0.2, 0.25) is 0 Å². The third kappa shape index (κ3) is 4.39. The van der Waals surface area contributed by atoms with Crippen LogP contribution in [-0.4, -0.2) is 24.2 Å². The van der Waals surface area contributed by atoms with Crippen LogP contribution < -0.4 is 15.8 Å². The minimum atomic E-state index is -0.269. The highest BCUT2D eigenvalue weighted by molar-refractivity contribution is 9.10. The number of carbonyl (C=O) groups excluding carboxylic acids is 1. The molecule has 2 aromatic carbocycles. The maximum atomic E-state index is 11.9. The van der Waals surface area contributed by atoms with E-state index in [9.17, 15) is 9.90 Å². The summed E-state index contributed by atoms with van der Waals surface area (Å²) in [6, 6.07) is 11.7. The summed E-state index contributed by atoms with van der Waals surface area (Å²) in [6.07, 6.45) is 0. The molecular weight excluding hydrogens is 336 g/mol. The zero-order valence-electron chi connectivity index (χ0n) is 11.2. The fourth-order valence-corrected chi connectivity index (χ4v) is 1.94. The first kappa shape index (κ1) is 15.2. The second-order valence-corrected chi connectivity index (χ2v) is 5.20. The Hall–Kier alpha value is -2.21. The number of amides is 1. The van der Waals surface area contributed by atoms with Crippen molar-refractivity contribution in [3.05, 3.63) is 52.5 Å². The van der Waals surface area contributed by atoms with Crippen molar-refractivity contribution in [1.82, 2.24) is 5.32 Å². The summed E-state index contributed by atoms with van der Waals surface area (Å²) in [6.45, 7) is 0.683. The number of rotatable bonds is 5. The Balaban J connectivity index is 1.80. The third-order valence-corrected chi connectivity index (χ3v) is 3.39. The van der Waals surface area contributed by atoms with Crippen molar-refractivity contribution in [3.63, 3.8) is 0 Å². The lowest BCUT2D eigenvalue weighted by Gasteiger charge is -2.08. The number of nitrogen functional groups attached to an aromatic ring is 1. The van der Waals surface area contributed by atoms with Crippen molar-refractivity contribution in [3.8, 4) is 11.5 Å². The first-order chi connectivity index (χ1) is 10.1. The van der Waals surface area contributed by atoms with Gasteiger partial charge in [0.1, 0.15) is 18.1 Å². The van der Waals surface area contributed by atoms with Gasteiger partial charge in [-0.15, -0.1) is 0 Å². The van der Waals surface area contributed by atoms with Crippen LogP contribution in [0.1, 0.15) is 10.4 Å². The molecule has 21 heavy (non-hydrogen) atoms. The predicted octanol–water partition coefficient (Wildman–Crippen LogP) is 2.55. The van der Waals surface area contributed by atoms with Gasteiger partial charge in [0.2, 0.25) is 0 Å². The van der Waals surface area contributed by atoms with E-state index in [1.54, 1.807) is 36.4 Å². The number of benzene rings is 2. The first-order valence-electron chi connectivity index (χ1n) is 6.31. The molecule has 110 valence electrons. The normalized spacial score (nSPS) is 10.1. The third-order valence-electron chi connectivity index (χ3n) is 2.72. The van der Waals surface area contributed by atoms with Gasteiger partial charge >= 0.3 is 0 Å². The zero-order valence-corrected chi connectivity index (χ0v) is 12.8. The molecule has 6 heteroatoms. The maximum absolute atomic E-state index is 11.9. The second kappa shape index (κ2) is 6.99. The highest BCUT2D eigenvalue weighted by Gasteiger charge is 2.07. The molecule has 0 aliphatic carbocycles. The molecule has 0 saturated heterocycles. The lowest BCUT2D eigenvalue weighted by atomic mass is 10.2. The molecule has 0 aromatic heterocycles. The number of phenolic OH excluding ortho intramolecular Hbond substituents is 1. The lowest BCUT2D eigenvalue weighted by Crippen LogP contribution is -2.28. The summed E-state index contributed by atoms with van der Waals surface area (Å²) in [5, 5.41) is 12.2. The van der Waals surface area contributed by atoms with E-state index in [-0.39, 0.29) is 11.7 Å². The summed E-state index contributed by atoms with van der Waals surface area (Å²) >= 11 is 3.16. The molecule has 0 heterocycles. The van der Waals surface area contributed by atoms with E-state index in [0.29, 0.717) is 34.6 Å². The smallest absolute Gasteiger partial charge is 0.251 e. The van der Waals surface area contributed by atoms with Gasteiger partial charge in [0.15, 0.2) is 0 Å². The van der Waals surface area contributed by atoms with Gasteiger partial charge in [-0.05, 0) is 46.3 Å². The molecule has 2 rings (SSSR count). The molecule has 0 aliphatic heterocycles. The molecule has 0 radical (unpaired) electrons. The molecule has 2 aromatic rings. The number of aromatic hydroxyl groups is 1. The Kier molecular flexibility index (Phi) is 5.05. The van der Waals surface area contributed by atoms with Crippen LogP contribution in [0.5, 0.6) is 11.5 Å². The van der Waals surface area contributed by atoms with Gasteiger partial charge in [0.05, 0.1) is 11.0 Å². The number of halogens is 1. The van der Waals surface area contributed by atoms with E-state index in [2.05, 4.69) is 21.2 Å². The number of nitrogens with two attached hydrogens (primary N) is 1. The van der Waals surface area contributed by atoms with Crippen LogP contribution in [0.3, 0.4) is 0 Å². The molecular formula is C15H15BrN2O3. The average molecular weight is 351 g/mol. The molecule has 0 atom stereocenters. The van der Waals surface area contributed by atoms with Crippen molar-refractivity contribution in [2.75, 3.05) is 18.9 Å². The monoisotopic (exact) mass is 350 g/mol. The van der Waals surface area contributed by atoms with Gasteiger partial charge in [-0.1, -0.05) is 6.07 Å². The number of carbonyl (C=O) groups is 1. The predicted molar refractivity (Wildman–Crippen MR) is 84.5 cm³/mol. The topological polar surface area (TPSA) is 84.6 Å². The first-order valence-corrected chi connectivity index (χ1v) is 7.10. The minimum Gasteiger partial charge on any atom is -0.507 e. The van der Waals surface area contributed by atoms with E-state index in [1.165, 1.54) is 6.07 Å². The van der Waals surface area contributed by atoms with Crippen LogP contribution >= 0.6 is 15.9 Å². The Morgan fingerprint density at radius 1 is 1.29 bits per heavy atom. The summed E-state index contributed by atoms with van der Waals surface area (Å²) in [5.74, 6) is 0.415. The SMILES string of the molecule is Nc1cccc(OCCNC(=O)c2ccc(Br)c(O)c2)c1. The number of nitrogens with one attached hydrogen (secondary N) is 1. The van der Waals surface area contributed by atoms with Crippen LogP contribution in [0.15, 0.2) is 46.9 Å². The van der Waals surface area contributed by atoms with Crippen LogP contribution in [0, 0.1) is 0 Å². The van der Waals surface area contributed by atoms with Gasteiger partial charge in [-0.3, -0.25) is 4.79 Å². The van der Waals surface area contributed by atoms with E-state index < -0.39 is 0 Å². The molecule has 0 spiro atoms. The van der Waals surface area contributed by atoms with Crippen LogP contribution in [-0.2, 0) is 0 Å². The molecule has 0 unspecified atom stereocenters.